The fraction of sp³-hybridized carbons (Fsp3) is 0.150. The van der Waals surface area contributed by atoms with Crippen molar-refractivity contribution in [1.82, 2.24) is 10.3 Å². The molecule has 0 aliphatic rings. The number of nitrogens with zero attached hydrogens (tertiary/aromatic N) is 1. The molecule has 3 rings (SSSR count). The summed E-state index contributed by atoms with van der Waals surface area (Å²) in [6.07, 6.45) is -0.125. The van der Waals surface area contributed by atoms with Crippen LogP contribution in [0, 0.1) is 6.92 Å². The van der Waals surface area contributed by atoms with Gasteiger partial charge in [-0.05, 0) is 49.0 Å². The average molecular weight is 432 g/mol. The lowest BCUT2D eigenvalue weighted by molar-refractivity contribution is -0.137. The van der Waals surface area contributed by atoms with Crippen molar-refractivity contribution in [1.29, 1.82) is 0 Å². The Bertz CT molecular complexity index is 1010. The van der Waals surface area contributed by atoms with Crippen LogP contribution in [-0.2, 0) is 4.79 Å². The number of nitrogens with one attached hydrogen (secondary N) is 2. The Morgan fingerprint density at radius 1 is 1.29 bits per heavy atom. The molecule has 0 spiro atoms. The molecule has 8 heteroatoms. The fourth-order valence-electron chi connectivity index (χ4n) is 2.73. The van der Waals surface area contributed by atoms with Gasteiger partial charge in [-0.3, -0.25) is 4.79 Å². The highest BCUT2D eigenvalue weighted by Crippen LogP contribution is 2.25. The zero-order valence-electron chi connectivity index (χ0n) is 15.0. The van der Waals surface area contributed by atoms with E-state index in [-0.39, 0.29) is 6.42 Å². The number of hydrogen-bond acceptors (Lipinski definition) is 4. The molecule has 0 fully saturated rings. The number of aryl methyl sites for hydroxylation is 1. The SMILES string of the molecule is Cc1nc(-c2cccc(NC(=S)N[C@@H](CC(=O)O)c3cccc(Cl)c3)c2)cs1. The molecule has 0 saturated heterocycles. The topological polar surface area (TPSA) is 74.2 Å². The molecule has 0 bridgehead atoms. The predicted molar refractivity (Wildman–Crippen MR) is 118 cm³/mol. The van der Waals surface area contributed by atoms with E-state index in [0.29, 0.717) is 10.1 Å². The summed E-state index contributed by atoms with van der Waals surface area (Å²) in [6, 6.07) is 14.3. The van der Waals surface area contributed by atoms with Gasteiger partial charge < -0.3 is 15.7 Å². The van der Waals surface area contributed by atoms with Crippen molar-refractivity contribution in [3.8, 4) is 11.3 Å². The van der Waals surface area contributed by atoms with Crippen molar-refractivity contribution in [3.05, 3.63) is 69.5 Å². The Morgan fingerprint density at radius 2 is 2.07 bits per heavy atom. The van der Waals surface area contributed by atoms with E-state index in [1.54, 1.807) is 29.5 Å². The Kier molecular flexibility index (Phi) is 6.61. The zero-order chi connectivity index (χ0) is 20.1. The van der Waals surface area contributed by atoms with E-state index in [0.717, 1.165) is 27.5 Å². The van der Waals surface area contributed by atoms with E-state index in [2.05, 4.69) is 15.6 Å². The molecule has 0 aliphatic heterocycles. The summed E-state index contributed by atoms with van der Waals surface area (Å²) in [5.41, 5.74) is 3.44. The number of carboxylic acids is 1. The first kappa shape index (κ1) is 20.3. The second-order valence-electron chi connectivity index (χ2n) is 6.14. The zero-order valence-corrected chi connectivity index (χ0v) is 17.4. The summed E-state index contributed by atoms with van der Waals surface area (Å²) in [4.78, 5) is 15.8. The lowest BCUT2D eigenvalue weighted by Gasteiger charge is -2.20. The third-order valence-electron chi connectivity index (χ3n) is 3.97. The minimum Gasteiger partial charge on any atom is -0.481 e. The van der Waals surface area contributed by atoms with E-state index in [4.69, 9.17) is 23.8 Å². The van der Waals surface area contributed by atoms with Crippen LogP contribution < -0.4 is 10.6 Å². The van der Waals surface area contributed by atoms with Crippen LogP contribution in [0.25, 0.3) is 11.3 Å². The average Bonchev–Trinajstić information content (AvgIpc) is 3.07. The highest BCUT2D eigenvalue weighted by molar-refractivity contribution is 7.80. The van der Waals surface area contributed by atoms with Gasteiger partial charge in [-0.15, -0.1) is 11.3 Å². The molecule has 0 radical (unpaired) electrons. The minimum absolute atomic E-state index is 0.125. The quantitative estimate of drug-likeness (QED) is 0.461. The molecule has 3 aromatic rings. The number of thiazole rings is 1. The second-order valence-corrected chi connectivity index (χ2v) is 8.04. The van der Waals surface area contributed by atoms with Crippen LogP contribution in [0.5, 0.6) is 0 Å². The van der Waals surface area contributed by atoms with Gasteiger partial charge in [0.25, 0.3) is 0 Å². The summed E-state index contributed by atoms with van der Waals surface area (Å²) in [5.74, 6) is -0.929. The van der Waals surface area contributed by atoms with Crippen LogP contribution in [0.2, 0.25) is 5.02 Å². The van der Waals surface area contributed by atoms with Crippen LogP contribution >= 0.6 is 35.2 Å². The minimum atomic E-state index is -0.929. The second kappa shape index (κ2) is 9.14. The van der Waals surface area contributed by atoms with E-state index in [9.17, 15) is 9.90 Å². The molecular weight excluding hydrogens is 414 g/mol. The lowest BCUT2D eigenvalue weighted by Crippen LogP contribution is -2.33. The maximum Gasteiger partial charge on any atom is 0.305 e. The Hall–Kier alpha value is -2.48. The maximum absolute atomic E-state index is 11.3. The summed E-state index contributed by atoms with van der Waals surface area (Å²) >= 11 is 13.0. The van der Waals surface area contributed by atoms with E-state index >= 15 is 0 Å². The van der Waals surface area contributed by atoms with E-state index in [1.165, 1.54) is 0 Å². The molecule has 2 aromatic carbocycles. The molecule has 28 heavy (non-hydrogen) atoms. The van der Waals surface area contributed by atoms with Gasteiger partial charge in [-0.2, -0.15) is 0 Å². The van der Waals surface area contributed by atoms with Crippen LogP contribution in [0.15, 0.2) is 53.9 Å². The van der Waals surface area contributed by atoms with Gasteiger partial charge in [-0.1, -0.05) is 35.9 Å². The third-order valence-corrected chi connectivity index (χ3v) is 5.20. The van der Waals surface area contributed by atoms with Crippen molar-refractivity contribution >= 4 is 51.9 Å². The molecule has 1 atom stereocenters. The Morgan fingerprint density at radius 3 is 2.75 bits per heavy atom. The van der Waals surface area contributed by atoms with Crippen LogP contribution in [0.3, 0.4) is 0 Å². The number of anilines is 1. The van der Waals surface area contributed by atoms with Crippen LogP contribution in [0.1, 0.15) is 23.0 Å². The number of halogens is 1. The van der Waals surface area contributed by atoms with Gasteiger partial charge in [-0.25, -0.2) is 4.98 Å². The van der Waals surface area contributed by atoms with Crippen molar-refractivity contribution in [3.63, 3.8) is 0 Å². The standard InChI is InChI=1S/C20H18ClN3O2S2/c1-12-22-18(11-28-12)14-5-3-7-16(9-14)23-20(27)24-17(10-19(25)26)13-4-2-6-15(21)8-13/h2-9,11,17H,10H2,1H3,(H,25,26)(H2,23,24,27)/t17-/m0/s1. The van der Waals surface area contributed by atoms with Gasteiger partial charge in [0.2, 0.25) is 0 Å². The number of aromatic nitrogens is 1. The third kappa shape index (κ3) is 5.51. The van der Waals surface area contributed by atoms with Crippen molar-refractivity contribution in [2.24, 2.45) is 0 Å². The highest BCUT2D eigenvalue weighted by Gasteiger charge is 2.17. The Balaban J connectivity index is 1.73. The molecule has 0 amide bonds. The van der Waals surface area contributed by atoms with Gasteiger partial charge in [0.15, 0.2) is 5.11 Å². The number of thiocarbonyl (C=S) groups is 1. The Labute approximate surface area is 177 Å². The number of benzene rings is 2. The number of aliphatic carboxylic acids is 1. The van der Waals surface area contributed by atoms with Gasteiger partial charge in [0, 0.05) is 21.7 Å². The molecule has 3 N–H and O–H groups in total. The van der Waals surface area contributed by atoms with Crippen molar-refractivity contribution < 1.29 is 9.90 Å². The molecule has 1 heterocycles. The largest absolute Gasteiger partial charge is 0.481 e. The maximum atomic E-state index is 11.3. The molecule has 144 valence electrons. The van der Waals surface area contributed by atoms with Crippen LogP contribution in [-0.4, -0.2) is 21.2 Å². The summed E-state index contributed by atoms with van der Waals surface area (Å²) in [5, 5.41) is 19.3. The number of carbonyl (C=O) groups is 1. The number of carboxylic acid groups (broad SMARTS) is 1. The first-order valence-corrected chi connectivity index (χ1v) is 10.1. The number of rotatable bonds is 6. The normalized spacial score (nSPS) is 11.6. The van der Waals surface area contributed by atoms with Gasteiger partial charge >= 0.3 is 5.97 Å². The lowest BCUT2D eigenvalue weighted by atomic mass is 10.0. The fourth-order valence-corrected chi connectivity index (χ4v) is 3.81. The predicted octanol–water partition coefficient (Wildman–Crippen LogP) is 5.27. The summed E-state index contributed by atoms with van der Waals surface area (Å²) < 4.78 is 0. The summed E-state index contributed by atoms with van der Waals surface area (Å²) in [7, 11) is 0. The molecular formula is C20H18ClN3O2S2. The van der Waals surface area contributed by atoms with E-state index < -0.39 is 12.0 Å². The van der Waals surface area contributed by atoms with Crippen molar-refractivity contribution in [2.45, 2.75) is 19.4 Å². The molecule has 5 nitrogen and oxygen atoms in total. The highest BCUT2D eigenvalue weighted by atomic mass is 35.5. The monoisotopic (exact) mass is 431 g/mol. The first-order valence-electron chi connectivity index (χ1n) is 8.48. The summed E-state index contributed by atoms with van der Waals surface area (Å²) in [6.45, 7) is 1.97. The first-order chi connectivity index (χ1) is 13.4. The number of hydrogen-bond donors (Lipinski definition) is 3. The van der Waals surface area contributed by atoms with Gasteiger partial charge in [0.1, 0.15) is 0 Å². The smallest absolute Gasteiger partial charge is 0.305 e. The molecule has 0 saturated carbocycles. The van der Waals surface area contributed by atoms with Crippen molar-refractivity contribution in [2.75, 3.05) is 5.32 Å². The van der Waals surface area contributed by atoms with Gasteiger partial charge in [0.05, 0.1) is 23.2 Å². The molecule has 1 aromatic heterocycles. The van der Waals surface area contributed by atoms with E-state index in [1.807, 2.05) is 42.6 Å². The molecule has 0 aliphatic carbocycles. The molecule has 0 unspecified atom stereocenters. The van der Waals surface area contributed by atoms with Crippen LogP contribution in [0.4, 0.5) is 5.69 Å².